The highest BCUT2D eigenvalue weighted by Crippen LogP contribution is 2.13. The SMILES string of the molecule is COC(C)(C)CCOc1ccc(C(=O)O)nn1. The third-order valence-electron chi connectivity index (χ3n) is 2.37. The molecule has 1 rings (SSSR count). The van der Waals surface area contributed by atoms with E-state index >= 15 is 0 Å². The van der Waals surface area contributed by atoms with Gasteiger partial charge in [-0.1, -0.05) is 0 Å². The molecule has 0 atom stereocenters. The Labute approximate surface area is 99.6 Å². The lowest BCUT2D eigenvalue weighted by Gasteiger charge is -2.22. The van der Waals surface area contributed by atoms with Crippen LogP contribution in [-0.4, -0.2) is 40.6 Å². The zero-order valence-electron chi connectivity index (χ0n) is 10.1. The first-order valence-corrected chi connectivity index (χ1v) is 5.19. The predicted octanol–water partition coefficient (Wildman–Crippen LogP) is 1.37. The second-order valence-corrected chi connectivity index (χ2v) is 4.12. The highest BCUT2D eigenvalue weighted by Gasteiger charge is 2.16. The predicted molar refractivity (Wildman–Crippen MR) is 60.2 cm³/mol. The van der Waals surface area contributed by atoms with Gasteiger partial charge in [0.1, 0.15) is 0 Å². The van der Waals surface area contributed by atoms with Gasteiger partial charge in [0.25, 0.3) is 0 Å². The number of aromatic nitrogens is 2. The minimum atomic E-state index is -1.11. The molecule has 0 bridgehead atoms. The molecular formula is C11H16N2O4. The van der Waals surface area contributed by atoms with Crippen molar-refractivity contribution >= 4 is 5.97 Å². The van der Waals surface area contributed by atoms with E-state index in [4.69, 9.17) is 14.6 Å². The average Bonchev–Trinajstić information content (AvgIpc) is 2.29. The van der Waals surface area contributed by atoms with Gasteiger partial charge in [-0.05, 0) is 19.9 Å². The molecule has 0 amide bonds. The van der Waals surface area contributed by atoms with Crippen molar-refractivity contribution in [3.05, 3.63) is 17.8 Å². The molecule has 0 saturated heterocycles. The van der Waals surface area contributed by atoms with Gasteiger partial charge in [-0.15, -0.1) is 10.2 Å². The van der Waals surface area contributed by atoms with Crippen molar-refractivity contribution in [2.24, 2.45) is 0 Å². The number of ether oxygens (including phenoxy) is 2. The van der Waals surface area contributed by atoms with Crippen molar-refractivity contribution < 1.29 is 19.4 Å². The Morgan fingerprint density at radius 3 is 2.59 bits per heavy atom. The van der Waals surface area contributed by atoms with E-state index in [1.54, 1.807) is 7.11 Å². The summed E-state index contributed by atoms with van der Waals surface area (Å²) in [5, 5.41) is 15.8. The van der Waals surface area contributed by atoms with Crippen LogP contribution in [0.15, 0.2) is 12.1 Å². The maximum Gasteiger partial charge on any atom is 0.356 e. The van der Waals surface area contributed by atoms with Crippen molar-refractivity contribution in [2.75, 3.05) is 13.7 Å². The van der Waals surface area contributed by atoms with Crippen LogP contribution in [0.2, 0.25) is 0 Å². The first-order chi connectivity index (χ1) is 7.94. The van der Waals surface area contributed by atoms with E-state index in [1.165, 1.54) is 12.1 Å². The smallest absolute Gasteiger partial charge is 0.356 e. The minimum absolute atomic E-state index is 0.102. The molecule has 17 heavy (non-hydrogen) atoms. The summed E-state index contributed by atoms with van der Waals surface area (Å²) in [6.07, 6.45) is 0.700. The van der Waals surface area contributed by atoms with Crippen molar-refractivity contribution in [3.63, 3.8) is 0 Å². The molecule has 0 fully saturated rings. The molecule has 0 aliphatic heterocycles. The summed E-state index contributed by atoms with van der Waals surface area (Å²) >= 11 is 0. The molecule has 94 valence electrons. The average molecular weight is 240 g/mol. The van der Waals surface area contributed by atoms with Gasteiger partial charge in [-0.25, -0.2) is 4.79 Å². The van der Waals surface area contributed by atoms with E-state index in [0.29, 0.717) is 18.9 Å². The maximum absolute atomic E-state index is 10.5. The fourth-order valence-corrected chi connectivity index (χ4v) is 1.01. The van der Waals surface area contributed by atoms with E-state index in [2.05, 4.69) is 10.2 Å². The third kappa shape index (κ3) is 4.36. The number of rotatable bonds is 6. The Balaban J connectivity index is 2.45. The molecule has 1 aromatic rings. The molecule has 1 N–H and O–H groups in total. The number of aromatic carboxylic acids is 1. The van der Waals surface area contributed by atoms with Crippen LogP contribution >= 0.6 is 0 Å². The topological polar surface area (TPSA) is 81.5 Å². The molecule has 0 aliphatic rings. The Bertz CT molecular complexity index is 376. The van der Waals surface area contributed by atoms with Crippen LogP contribution in [0.5, 0.6) is 5.88 Å². The van der Waals surface area contributed by atoms with Crippen LogP contribution in [0.1, 0.15) is 30.8 Å². The molecule has 0 unspecified atom stereocenters. The first kappa shape index (κ1) is 13.4. The highest BCUT2D eigenvalue weighted by atomic mass is 16.5. The summed E-state index contributed by atoms with van der Waals surface area (Å²) in [5.74, 6) is -0.800. The van der Waals surface area contributed by atoms with Crippen LogP contribution in [0.4, 0.5) is 0 Å². The largest absolute Gasteiger partial charge is 0.476 e. The lowest BCUT2D eigenvalue weighted by Crippen LogP contribution is -2.25. The van der Waals surface area contributed by atoms with E-state index < -0.39 is 5.97 Å². The van der Waals surface area contributed by atoms with Gasteiger partial charge in [-0.2, -0.15) is 0 Å². The molecule has 0 aliphatic carbocycles. The Morgan fingerprint density at radius 1 is 1.41 bits per heavy atom. The van der Waals surface area contributed by atoms with Gasteiger partial charge < -0.3 is 14.6 Å². The van der Waals surface area contributed by atoms with E-state index in [1.807, 2.05) is 13.8 Å². The molecule has 0 radical (unpaired) electrons. The molecule has 6 heteroatoms. The van der Waals surface area contributed by atoms with Crippen molar-refractivity contribution in [2.45, 2.75) is 25.9 Å². The van der Waals surface area contributed by atoms with Gasteiger partial charge >= 0.3 is 5.97 Å². The quantitative estimate of drug-likeness (QED) is 0.808. The summed E-state index contributed by atoms with van der Waals surface area (Å²) in [7, 11) is 1.64. The van der Waals surface area contributed by atoms with Crippen LogP contribution in [0, 0.1) is 0 Å². The normalized spacial score (nSPS) is 11.2. The Morgan fingerprint density at radius 2 is 2.12 bits per heavy atom. The molecule has 1 heterocycles. The number of carboxylic acids is 1. The molecule has 1 aromatic heterocycles. The lowest BCUT2D eigenvalue weighted by molar-refractivity contribution is 0.00500. The van der Waals surface area contributed by atoms with Crippen LogP contribution in [0.25, 0.3) is 0 Å². The number of carboxylic acid groups (broad SMARTS) is 1. The van der Waals surface area contributed by atoms with Crippen LogP contribution < -0.4 is 4.74 Å². The number of carbonyl (C=O) groups is 1. The van der Waals surface area contributed by atoms with E-state index in [9.17, 15) is 4.79 Å². The van der Waals surface area contributed by atoms with Crippen molar-refractivity contribution in [1.82, 2.24) is 10.2 Å². The molecule has 0 spiro atoms. The van der Waals surface area contributed by atoms with Gasteiger partial charge in [-0.3, -0.25) is 0 Å². The summed E-state index contributed by atoms with van der Waals surface area (Å²) in [5.41, 5.74) is -0.358. The van der Waals surface area contributed by atoms with Gasteiger partial charge in [0.2, 0.25) is 5.88 Å². The maximum atomic E-state index is 10.5. The zero-order valence-corrected chi connectivity index (χ0v) is 10.1. The molecule has 0 aromatic carbocycles. The Kier molecular flexibility index (Phi) is 4.39. The van der Waals surface area contributed by atoms with Gasteiger partial charge in [0.15, 0.2) is 5.69 Å². The number of nitrogens with zero attached hydrogens (tertiary/aromatic N) is 2. The standard InChI is InChI=1S/C11H16N2O4/c1-11(2,16-3)6-7-17-9-5-4-8(10(14)15)12-13-9/h4-5H,6-7H2,1-3H3,(H,14,15). The third-order valence-corrected chi connectivity index (χ3v) is 2.37. The number of methoxy groups -OCH3 is 1. The van der Waals surface area contributed by atoms with E-state index in [0.717, 1.165) is 0 Å². The second-order valence-electron chi connectivity index (χ2n) is 4.12. The molecule has 6 nitrogen and oxygen atoms in total. The second kappa shape index (κ2) is 5.58. The summed E-state index contributed by atoms with van der Waals surface area (Å²) < 4.78 is 10.6. The van der Waals surface area contributed by atoms with E-state index in [-0.39, 0.29) is 11.3 Å². The number of hydrogen-bond acceptors (Lipinski definition) is 5. The molecular weight excluding hydrogens is 224 g/mol. The molecule has 0 saturated carbocycles. The van der Waals surface area contributed by atoms with Gasteiger partial charge in [0.05, 0.1) is 12.2 Å². The van der Waals surface area contributed by atoms with Crippen molar-refractivity contribution in [1.29, 1.82) is 0 Å². The van der Waals surface area contributed by atoms with Crippen LogP contribution in [-0.2, 0) is 4.74 Å². The first-order valence-electron chi connectivity index (χ1n) is 5.19. The highest BCUT2D eigenvalue weighted by molar-refractivity contribution is 5.84. The fraction of sp³-hybridized carbons (Fsp3) is 0.545. The Hall–Kier alpha value is -1.69. The number of hydrogen-bond donors (Lipinski definition) is 1. The minimum Gasteiger partial charge on any atom is -0.476 e. The lowest BCUT2D eigenvalue weighted by atomic mass is 10.1. The summed E-state index contributed by atoms with van der Waals surface area (Å²) in [4.78, 5) is 10.5. The zero-order chi connectivity index (χ0) is 12.9. The van der Waals surface area contributed by atoms with Crippen molar-refractivity contribution in [3.8, 4) is 5.88 Å². The monoisotopic (exact) mass is 240 g/mol. The van der Waals surface area contributed by atoms with Crippen LogP contribution in [0.3, 0.4) is 0 Å². The summed E-state index contributed by atoms with van der Waals surface area (Å²) in [6, 6.07) is 2.84. The summed E-state index contributed by atoms with van der Waals surface area (Å²) in [6.45, 7) is 4.34. The van der Waals surface area contributed by atoms with Gasteiger partial charge in [0, 0.05) is 19.6 Å². The fourth-order valence-electron chi connectivity index (χ4n) is 1.01.